The Morgan fingerprint density at radius 3 is 2.17 bits per heavy atom. The van der Waals surface area contributed by atoms with Crippen LogP contribution in [0.25, 0.3) is 0 Å². The number of benzene rings is 2. The van der Waals surface area contributed by atoms with E-state index in [0.29, 0.717) is 12.1 Å². The van der Waals surface area contributed by atoms with Gasteiger partial charge in [-0.15, -0.1) is 0 Å². The average Bonchev–Trinajstić information content (AvgIpc) is 3.06. The summed E-state index contributed by atoms with van der Waals surface area (Å²) >= 11 is 0. The van der Waals surface area contributed by atoms with Gasteiger partial charge >= 0.3 is 5.97 Å². The number of primary amides is 1. The third-order valence-electron chi connectivity index (χ3n) is 4.61. The summed E-state index contributed by atoms with van der Waals surface area (Å²) in [4.78, 5) is 37.5. The Morgan fingerprint density at radius 1 is 1.00 bits per heavy atom. The van der Waals surface area contributed by atoms with E-state index in [1.807, 2.05) is 0 Å². The molecule has 0 spiro atoms. The van der Waals surface area contributed by atoms with Crippen molar-refractivity contribution in [1.82, 2.24) is 0 Å². The molecule has 2 aromatic carbocycles. The zero-order chi connectivity index (χ0) is 21.0. The predicted octanol–water partition coefficient (Wildman–Crippen LogP) is 1.16. The summed E-state index contributed by atoms with van der Waals surface area (Å²) < 4.78 is 28.8. The molecule has 0 saturated carbocycles. The number of anilines is 1. The Morgan fingerprint density at radius 2 is 1.62 bits per heavy atom. The van der Waals surface area contributed by atoms with Crippen LogP contribution in [0.15, 0.2) is 54.6 Å². The van der Waals surface area contributed by atoms with Crippen molar-refractivity contribution in [2.24, 2.45) is 5.73 Å². The molecule has 0 aromatic heterocycles. The van der Waals surface area contributed by atoms with E-state index < -0.39 is 40.3 Å². The van der Waals surface area contributed by atoms with Crippen molar-refractivity contribution >= 4 is 33.3 Å². The number of ether oxygens (including phenoxy) is 1. The highest BCUT2D eigenvalue weighted by Gasteiger charge is 2.35. The van der Waals surface area contributed by atoms with Crippen LogP contribution in [0.3, 0.4) is 0 Å². The number of sulfone groups is 1. The van der Waals surface area contributed by atoms with Gasteiger partial charge in [0.25, 0.3) is 5.91 Å². The zero-order valence-electron chi connectivity index (χ0n) is 15.5. The Bertz CT molecular complexity index is 1020. The molecule has 1 heterocycles. The fourth-order valence-corrected chi connectivity index (χ4v) is 4.88. The van der Waals surface area contributed by atoms with E-state index in [0.717, 1.165) is 0 Å². The first-order valence-corrected chi connectivity index (χ1v) is 10.7. The van der Waals surface area contributed by atoms with Crippen molar-refractivity contribution in [3.8, 4) is 0 Å². The molecule has 152 valence electrons. The normalized spacial score (nSPS) is 17.4. The molecule has 1 atom stereocenters. The van der Waals surface area contributed by atoms with Crippen LogP contribution in [0.1, 0.15) is 27.1 Å². The van der Waals surface area contributed by atoms with Gasteiger partial charge in [-0.1, -0.05) is 18.2 Å². The van der Waals surface area contributed by atoms with Gasteiger partial charge in [0, 0.05) is 11.3 Å². The lowest BCUT2D eigenvalue weighted by Gasteiger charge is -2.28. The van der Waals surface area contributed by atoms with Gasteiger partial charge in [0.05, 0.1) is 23.1 Å². The molecular weight excluding hydrogens is 396 g/mol. The second-order valence-electron chi connectivity index (χ2n) is 6.67. The van der Waals surface area contributed by atoms with Crippen LogP contribution in [0.5, 0.6) is 0 Å². The number of carbonyl (C=O) groups is 3. The van der Waals surface area contributed by atoms with Crippen LogP contribution in [0.2, 0.25) is 0 Å². The molecule has 29 heavy (non-hydrogen) atoms. The van der Waals surface area contributed by atoms with Gasteiger partial charge in [-0.3, -0.25) is 9.59 Å². The molecule has 1 aliphatic rings. The third kappa shape index (κ3) is 5.00. The Labute approximate surface area is 168 Å². The minimum Gasteiger partial charge on any atom is -0.452 e. The summed E-state index contributed by atoms with van der Waals surface area (Å²) in [5.41, 5.74) is 6.11. The molecule has 1 fully saturated rings. The number of hydrogen-bond acceptors (Lipinski definition) is 6. The molecule has 2 amide bonds. The maximum absolute atomic E-state index is 12.8. The molecule has 8 nitrogen and oxygen atoms in total. The smallest absolute Gasteiger partial charge is 0.338 e. The lowest BCUT2D eigenvalue weighted by molar-refractivity contribution is -0.122. The molecule has 2 N–H and O–H groups in total. The molecule has 0 aliphatic carbocycles. The molecule has 1 saturated heterocycles. The number of esters is 1. The fraction of sp³-hybridized carbons (Fsp3) is 0.250. The second kappa shape index (κ2) is 8.44. The van der Waals surface area contributed by atoms with Crippen molar-refractivity contribution in [1.29, 1.82) is 0 Å². The van der Waals surface area contributed by atoms with E-state index in [4.69, 9.17) is 10.5 Å². The predicted molar refractivity (Wildman–Crippen MR) is 106 cm³/mol. The van der Waals surface area contributed by atoms with Crippen molar-refractivity contribution in [2.75, 3.05) is 23.0 Å². The molecule has 2 aromatic rings. The standard InChI is InChI=1S/C20H20N2O6S/c21-19(24)14-6-8-15(9-7-14)20(25)28-12-18(23)22(16-4-2-1-3-5-16)17-10-11-29(26,27)13-17/h1-9,17H,10-13H2,(H2,21,24)/t17-/m0/s1. The van der Waals surface area contributed by atoms with Crippen LogP contribution in [0, 0.1) is 0 Å². The first-order chi connectivity index (χ1) is 13.8. The van der Waals surface area contributed by atoms with Gasteiger partial charge in [0.15, 0.2) is 16.4 Å². The molecular formula is C20H20N2O6S. The number of hydrogen-bond donors (Lipinski definition) is 1. The van der Waals surface area contributed by atoms with Gasteiger partial charge in [-0.05, 0) is 42.8 Å². The van der Waals surface area contributed by atoms with Crippen molar-refractivity contribution in [2.45, 2.75) is 12.5 Å². The highest BCUT2D eigenvalue weighted by molar-refractivity contribution is 7.91. The number of nitrogens with zero attached hydrogens (tertiary/aromatic N) is 1. The molecule has 3 rings (SSSR count). The van der Waals surface area contributed by atoms with Gasteiger partial charge in [-0.25, -0.2) is 13.2 Å². The summed E-state index contributed by atoms with van der Waals surface area (Å²) in [5.74, 6) is -1.98. The summed E-state index contributed by atoms with van der Waals surface area (Å²) in [6.07, 6.45) is 0.325. The van der Waals surface area contributed by atoms with E-state index in [2.05, 4.69) is 0 Å². The van der Waals surface area contributed by atoms with Gasteiger partial charge in [0.2, 0.25) is 5.91 Å². The largest absolute Gasteiger partial charge is 0.452 e. The second-order valence-corrected chi connectivity index (χ2v) is 8.90. The van der Waals surface area contributed by atoms with E-state index in [1.54, 1.807) is 30.3 Å². The zero-order valence-corrected chi connectivity index (χ0v) is 16.3. The quantitative estimate of drug-likeness (QED) is 0.705. The molecule has 0 unspecified atom stereocenters. The number of para-hydroxylation sites is 1. The Balaban J connectivity index is 1.71. The average molecular weight is 416 g/mol. The summed E-state index contributed by atoms with van der Waals surface area (Å²) in [6.45, 7) is -0.540. The molecule has 9 heteroatoms. The highest BCUT2D eigenvalue weighted by atomic mass is 32.2. The monoisotopic (exact) mass is 416 g/mol. The Hall–Kier alpha value is -3.20. The first-order valence-electron chi connectivity index (χ1n) is 8.91. The first kappa shape index (κ1) is 20.5. The van der Waals surface area contributed by atoms with Gasteiger partial charge in [0.1, 0.15) is 0 Å². The topological polar surface area (TPSA) is 124 Å². The molecule has 1 aliphatic heterocycles. The summed E-state index contributed by atoms with van der Waals surface area (Å²) in [7, 11) is -3.21. The molecule has 0 radical (unpaired) electrons. The lowest BCUT2D eigenvalue weighted by Crippen LogP contribution is -2.43. The number of carbonyl (C=O) groups excluding carboxylic acids is 3. The van der Waals surface area contributed by atoms with E-state index >= 15 is 0 Å². The maximum Gasteiger partial charge on any atom is 0.338 e. The third-order valence-corrected chi connectivity index (χ3v) is 6.36. The summed E-state index contributed by atoms with van der Waals surface area (Å²) in [5, 5.41) is 0. The molecule has 0 bridgehead atoms. The van der Waals surface area contributed by atoms with E-state index in [1.165, 1.54) is 29.2 Å². The van der Waals surface area contributed by atoms with Crippen molar-refractivity contribution in [3.05, 3.63) is 65.7 Å². The lowest BCUT2D eigenvalue weighted by atomic mass is 10.1. The number of rotatable bonds is 6. The Kier molecular flexibility index (Phi) is 5.97. The van der Waals surface area contributed by atoms with Crippen LogP contribution >= 0.6 is 0 Å². The summed E-state index contributed by atoms with van der Waals surface area (Å²) in [6, 6.07) is 13.7. The minimum absolute atomic E-state index is 0.0142. The highest BCUT2D eigenvalue weighted by Crippen LogP contribution is 2.24. The maximum atomic E-state index is 12.8. The van der Waals surface area contributed by atoms with Crippen LogP contribution in [-0.2, 0) is 19.4 Å². The van der Waals surface area contributed by atoms with E-state index in [9.17, 15) is 22.8 Å². The SMILES string of the molecule is NC(=O)c1ccc(C(=O)OCC(=O)N(c2ccccc2)[C@H]2CCS(=O)(=O)C2)cc1. The minimum atomic E-state index is -3.21. The number of amides is 2. The van der Waals surface area contributed by atoms with Gasteiger partial charge in [-0.2, -0.15) is 0 Å². The van der Waals surface area contributed by atoms with Crippen LogP contribution in [-0.4, -0.2) is 50.4 Å². The van der Waals surface area contributed by atoms with E-state index in [-0.39, 0.29) is 22.6 Å². The van der Waals surface area contributed by atoms with Crippen molar-refractivity contribution < 1.29 is 27.5 Å². The van der Waals surface area contributed by atoms with Crippen LogP contribution in [0.4, 0.5) is 5.69 Å². The van der Waals surface area contributed by atoms with Crippen LogP contribution < -0.4 is 10.6 Å². The fourth-order valence-electron chi connectivity index (χ4n) is 3.18. The van der Waals surface area contributed by atoms with Crippen molar-refractivity contribution in [3.63, 3.8) is 0 Å². The van der Waals surface area contributed by atoms with Gasteiger partial charge < -0.3 is 15.4 Å². The number of nitrogens with two attached hydrogens (primary N) is 1.